The molecule has 2 aromatic heterocycles. The average Bonchev–Trinajstić information content (AvgIpc) is 3.26. The number of hydrogen-bond donors (Lipinski definition) is 1. The minimum atomic E-state index is -0.721. The van der Waals surface area contributed by atoms with E-state index in [9.17, 15) is 9.59 Å². The smallest absolute Gasteiger partial charge is 0.262 e. The molecule has 1 unspecified atom stereocenters. The molecule has 2 amide bonds. The minimum Gasteiger partial charge on any atom is -0.477 e. The number of nitrogens with one attached hydrogen (secondary N) is 1. The third kappa shape index (κ3) is 3.52. The quantitative estimate of drug-likeness (QED) is 0.732. The van der Waals surface area contributed by atoms with Gasteiger partial charge >= 0.3 is 0 Å². The van der Waals surface area contributed by atoms with Gasteiger partial charge < -0.3 is 15.0 Å². The molecule has 3 aromatic rings. The third-order valence-corrected chi connectivity index (χ3v) is 5.16. The molecule has 1 aliphatic heterocycles. The number of nitrogens with zero attached hydrogens (tertiary/aromatic N) is 3. The first-order valence-electron chi connectivity index (χ1n) is 8.90. The van der Waals surface area contributed by atoms with Crippen molar-refractivity contribution in [2.24, 2.45) is 0 Å². The van der Waals surface area contributed by atoms with E-state index >= 15 is 0 Å². The van der Waals surface area contributed by atoms with E-state index in [0.29, 0.717) is 23.7 Å². The molecule has 7 nitrogen and oxygen atoms in total. The number of benzene rings is 1. The van der Waals surface area contributed by atoms with Crippen LogP contribution in [-0.2, 0) is 16.0 Å². The van der Waals surface area contributed by atoms with Gasteiger partial charge in [0.2, 0.25) is 5.91 Å². The molecule has 1 atom stereocenters. The molecule has 1 aliphatic rings. The lowest BCUT2D eigenvalue weighted by Crippen LogP contribution is -2.51. The van der Waals surface area contributed by atoms with Crippen LogP contribution in [0.4, 0.5) is 5.69 Å². The number of para-hydroxylation sites is 2. The Morgan fingerprint density at radius 1 is 1.37 bits per heavy atom. The highest BCUT2D eigenvalue weighted by Gasteiger charge is 2.33. The average molecular weight is 384 g/mol. The van der Waals surface area contributed by atoms with Crippen molar-refractivity contribution in [2.75, 3.05) is 18.0 Å². The SMILES string of the molecule is CCCNC(=O)C1CN(C(=O)Cc2cn3ccsc3n2)c2ccccc2O1. The molecular formula is C19H20N4O3S. The van der Waals surface area contributed by atoms with Gasteiger partial charge in [-0.15, -0.1) is 11.3 Å². The number of carbonyl (C=O) groups excluding carboxylic acids is 2. The Hall–Kier alpha value is -2.87. The molecule has 0 radical (unpaired) electrons. The number of hydrogen-bond acceptors (Lipinski definition) is 5. The van der Waals surface area contributed by atoms with E-state index in [4.69, 9.17) is 4.74 Å². The highest BCUT2D eigenvalue weighted by atomic mass is 32.1. The summed E-state index contributed by atoms with van der Waals surface area (Å²) in [6, 6.07) is 7.30. The van der Waals surface area contributed by atoms with Gasteiger partial charge in [-0.3, -0.25) is 14.0 Å². The number of rotatable bonds is 5. The van der Waals surface area contributed by atoms with E-state index < -0.39 is 6.10 Å². The number of aromatic nitrogens is 2. The van der Waals surface area contributed by atoms with Crippen LogP contribution in [0.3, 0.4) is 0 Å². The van der Waals surface area contributed by atoms with Gasteiger partial charge in [-0.1, -0.05) is 19.1 Å². The molecular weight excluding hydrogens is 364 g/mol. The summed E-state index contributed by atoms with van der Waals surface area (Å²) in [5.41, 5.74) is 1.39. The second-order valence-electron chi connectivity index (χ2n) is 6.37. The predicted octanol–water partition coefficient (Wildman–Crippen LogP) is 2.26. The summed E-state index contributed by atoms with van der Waals surface area (Å²) in [5, 5.41) is 4.79. The Morgan fingerprint density at radius 2 is 2.22 bits per heavy atom. The Morgan fingerprint density at radius 3 is 3.04 bits per heavy atom. The zero-order chi connectivity index (χ0) is 18.8. The summed E-state index contributed by atoms with van der Waals surface area (Å²) < 4.78 is 7.74. The standard InChI is InChI=1S/C19H20N4O3S/c1-2-7-20-18(25)16-12-23(14-5-3-4-6-15(14)26-16)17(24)10-13-11-22-8-9-27-19(22)21-13/h3-6,8-9,11,16H,2,7,10,12H2,1H3,(H,20,25). The number of thiazole rings is 1. The molecule has 0 spiro atoms. The van der Waals surface area contributed by atoms with Gasteiger partial charge in [0.25, 0.3) is 5.91 Å². The molecule has 27 heavy (non-hydrogen) atoms. The summed E-state index contributed by atoms with van der Waals surface area (Å²) in [4.78, 5) is 32.4. The molecule has 0 saturated carbocycles. The van der Waals surface area contributed by atoms with Crippen LogP contribution in [0.15, 0.2) is 42.0 Å². The zero-order valence-electron chi connectivity index (χ0n) is 14.9. The lowest BCUT2D eigenvalue weighted by molar-refractivity contribution is -0.128. The van der Waals surface area contributed by atoms with Gasteiger partial charge in [0, 0.05) is 24.3 Å². The van der Waals surface area contributed by atoms with Crippen LogP contribution >= 0.6 is 11.3 Å². The summed E-state index contributed by atoms with van der Waals surface area (Å²) in [5.74, 6) is 0.232. The first-order valence-corrected chi connectivity index (χ1v) is 9.78. The second-order valence-corrected chi connectivity index (χ2v) is 7.24. The fourth-order valence-electron chi connectivity index (χ4n) is 3.08. The molecule has 3 heterocycles. The maximum Gasteiger partial charge on any atom is 0.262 e. The van der Waals surface area contributed by atoms with Crippen LogP contribution in [0.25, 0.3) is 4.96 Å². The first-order chi connectivity index (χ1) is 13.2. The number of fused-ring (bicyclic) bond motifs is 2. The largest absolute Gasteiger partial charge is 0.477 e. The molecule has 4 rings (SSSR count). The number of carbonyl (C=O) groups is 2. The molecule has 0 saturated heterocycles. The van der Waals surface area contributed by atoms with E-state index in [1.54, 1.807) is 11.0 Å². The van der Waals surface area contributed by atoms with Crippen LogP contribution in [-0.4, -0.2) is 40.4 Å². The van der Waals surface area contributed by atoms with E-state index in [2.05, 4.69) is 10.3 Å². The predicted molar refractivity (Wildman–Crippen MR) is 103 cm³/mol. The maximum absolute atomic E-state index is 13.0. The summed E-state index contributed by atoms with van der Waals surface area (Å²) >= 11 is 1.53. The van der Waals surface area contributed by atoms with Crippen LogP contribution in [0, 0.1) is 0 Å². The molecule has 1 aromatic carbocycles. The van der Waals surface area contributed by atoms with Crippen LogP contribution in [0.2, 0.25) is 0 Å². The summed E-state index contributed by atoms with van der Waals surface area (Å²) in [7, 11) is 0. The van der Waals surface area contributed by atoms with E-state index in [-0.39, 0.29) is 24.8 Å². The van der Waals surface area contributed by atoms with Gasteiger partial charge in [-0.2, -0.15) is 0 Å². The van der Waals surface area contributed by atoms with Crippen molar-refractivity contribution in [1.29, 1.82) is 0 Å². The van der Waals surface area contributed by atoms with Crippen molar-refractivity contribution in [3.05, 3.63) is 47.7 Å². The second kappa shape index (κ2) is 7.40. The Balaban J connectivity index is 1.56. The molecule has 140 valence electrons. The van der Waals surface area contributed by atoms with E-state index in [0.717, 1.165) is 11.4 Å². The Bertz CT molecular complexity index is 952. The van der Waals surface area contributed by atoms with Crippen molar-refractivity contribution in [3.8, 4) is 5.75 Å². The normalized spacial score (nSPS) is 16.0. The van der Waals surface area contributed by atoms with Gasteiger partial charge in [0.1, 0.15) is 5.75 Å². The maximum atomic E-state index is 13.0. The summed E-state index contributed by atoms with van der Waals surface area (Å²) in [6.45, 7) is 2.76. The minimum absolute atomic E-state index is 0.107. The zero-order valence-corrected chi connectivity index (χ0v) is 15.7. The van der Waals surface area contributed by atoms with Gasteiger partial charge in [-0.05, 0) is 18.6 Å². The fraction of sp³-hybridized carbons (Fsp3) is 0.316. The lowest BCUT2D eigenvalue weighted by atomic mass is 10.1. The van der Waals surface area contributed by atoms with Gasteiger partial charge in [-0.25, -0.2) is 4.98 Å². The number of imidazole rings is 1. The summed E-state index contributed by atoms with van der Waals surface area (Å²) in [6.07, 6.45) is 4.07. The van der Waals surface area contributed by atoms with Crippen LogP contribution in [0.5, 0.6) is 5.75 Å². The van der Waals surface area contributed by atoms with Crippen LogP contribution < -0.4 is 15.0 Å². The molecule has 0 aliphatic carbocycles. The topological polar surface area (TPSA) is 75.9 Å². The fourth-order valence-corrected chi connectivity index (χ4v) is 3.80. The van der Waals surface area contributed by atoms with Crippen LogP contribution in [0.1, 0.15) is 19.0 Å². The number of amides is 2. The molecule has 0 fully saturated rings. The molecule has 8 heteroatoms. The number of ether oxygens (including phenoxy) is 1. The van der Waals surface area contributed by atoms with Gasteiger partial charge in [0.05, 0.1) is 24.3 Å². The number of anilines is 1. The highest BCUT2D eigenvalue weighted by Crippen LogP contribution is 2.33. The van der Waals surface area contributed by atoms with Crippen molar-refractivity contribution in [2.45, 2.75) is 25.9 Å². The lowest BCUT2D eigenvalue weighted by Gasteiger charge is -2.34. The Kier molecular flexibility index (Phi) is 4.81. The van der Waals surface area contributed by atoms with Crippen molar-refractivity contribution < 1.29 is 14.3 Å². The van der Waals surface area contributed by atoms with Crippen molar-refractivity contribution >= 4 is 33.8 Å². The monoisotopic (exact) mass is 384 g/mol. The van der Waals surface area contributed by atoms with E-state index in [1.165, 1.54) is 11.3 Å². The highest BCUT2D eigenvalue weighted by molar-refractivity contribution is 7.15. The molecule has 0 bridgehead atoms. The first kappa shape index (κ1) is 17.5. The van der Waals surface area contributed by atoms with Crippen molar-refractivity contribution in [3.63, 3.8) is 0 Å². The molecule has 1 N–H and O–H groups in total. The third-order valence-electron chi connectivity index (χ3n) is 4.39. The Labute approximate surface area is 160 Å². The van der Waals surface area contributed by atoms with E-state index in [1.807, 2.05) is 47.3 Å². The van der Waals surface area contributed by atoms with Crippen molar-refractivity contribution in [1.82, 2.24) is 14.7 Å². The van der Waals surface area contributed by atoms with Gasteiger partial charge in [0.15, 0.2) is 11.1 Å².